The van der Waals surface area contributed by atoms with Crippen LogP contribution in [0.5, 0.6) is 5.75 Å². The summed E-state index contributed by atoms with van der Waals surface area (Å²) in [6.45, 7) is -0.184. The van der Waals surface area contributed by atoms with Gasteiger partial charge in [0.05, 0.1) is 19.9 Å². The highest BCUT2D eigenvalue weighted by Gasteiger charge is 2.32. The van der Waals surface area contributed by atoms with E-state index < -0.39 is 34.3 Å². The number of ether oxygens (including phenoxy) is 1. The van der Waals surface area contributed by atoms with Gasteiger partial charge in [0.25, 0.3) is 0 Å². The number of hydrogen-bond donors (Lipinski definition) is 1. The van der Waals surface area contributed by atoms with Gasteiger partial charge in [-0.05, 0) is 52.9 Å². The van der Waals surface area contributed by atoms with Gasteiger partial charge < -0.3 is 15.0 Å². The van der Waals surface area contributed by atoms with Gasteiger partial charge in [0.1, 0.15) is 17.6 Å². The average molecular weight is 632 g/mol. The first kappa shape index (κ1) is 33.4. The molecule has 0 fully saturated rings. The Hall–Kier alpha value is -4.54. The molecule has 8 nitrogen and oxygen atoms in total. The standard InChI is InChI=1S/C35H38FN3O5S/c1-44-32-19-15-27(16-20-32)21-22-37-35(41)33(23-28-9-5-3-6-10-28)39(25-30-13-17-31(36)18-14-30)34(40)26-38(45(2,42)43)24-29-11-7-4-8-12-29/h3-20,33H,21-26H2,1-2H3,(H,37,41)/t33-/m1/s1. The van der Waals surface area contributed by atoms with Crippen LogP contribution in [0.1, 0.15) is 22.3 Å². The first-order chi connectivity index (χ1) is 21.6. The van der Waals surface area contributed by atoms with Crippen LogP contribution in [0.2, 0.25) is 0 Å². The monoisotopic (exact) mass is 631 g/mol. The summed E-state index contributed by atoms with van der Waals surface area (Å²) in [7, 11) is -2.20. The van der Waals surface area contributed by atoms with Crippen molar-refractivity contribution in [2.24, 2.45) is 0 Å². The number of sulfonamides is 1. The first-order valence-corrected chi connectivity index (χ1v) is 16.4. The van der Waals surface area contributed by atoms with Crippen molar-refractivity contribution in [3.8, 4) is 5.75 Å². The van der Waals surface area contributed by atoms with Crippen LogP contribution in [-0.2, 0) is 45.5 Å². The largest absolute Gasteiger partial charge is 0.497 e. The lowest BCUT2D eigenvalue weighted by Gasteiger charge is -2.33. The highest BCUT2D eigenvalue weighted by atomic mass is 32.2. The Morgan fingerprint density at radius 1 is 0.778 bits per heavy atom. The van der Waals surface area contributed by atoms with Crippen LogP contribution in [0.3, 0.4) is 0 Å². The van der Waals surface area contributed by atoms with Crippen LogP contribution >= 0.6 is 0 Å². The van der Waals surface area contributed by atoms with Gasteiger partial charge in [-0.15, -0.1) is 0 Å². The highest BCUT2D eigenvalue weighted by Crippen LogP contribution is 2.18. The zero-order chi connectivity index (χ0) is 32.2. The second-order valence-corrected chi connectivity index (χ2v) is 12.7. The number of carbonyl (C=O) groups excluding carboxylic acids is 2. The highest BCUT2D eigenvalue weighted by molar-refractivity contribution is 7.88. The molecule has 236 valence electrons. The second-order valence-electron chi connectivity index (χ2n) is 10.8. The van der Waals surface area contributed by atoms with Gasteiger partial charge in [0.15, 0.2) is 0 Å². The van der Waals surface area contributed by atoms with E-state index in [1.54, 1.807) is 43.5 Å². The van der Waals surface area contributed by atoms with Crippen molar-refractivity contribution < 1.29 is 27.1 Å². The molecule has 4 aromatic carbocycles. The Kier molecular flexibility index (Phi) is 11.8. The minimum atomic E-state index is -3.80. The molecular formula is C35H38FN3O5S. The molecule has 0 radical (unpaired) electrons. The Morgan fingerprint density at radius 2 is 1.33 bits per heavy atom. The average Bonchev–Trinajstić information content (AvgIpc) is 3.04. The van der Waals surface area contributed by atoms with E-state index in [0.29, 0.717) is 18.5 Å². The molecule has 0 heterocycles. The summed E-state index contributed by atoms with van der Waals surface area (Å²) >= 11 is 0. The molecule has 4 rings (SSSR count). The van der Waals surface area contributed by atoms with Gasteiger partial charge in [-0.25, -0.2) is 12.8 Å². The van der Waals surface area contributed by atoms with Crippen LogP contribution < -0.4 is 10.1 Å². The fraction of sp³-hybridized carbons (Fsp3) is 0.257. The quantitative estimate of drug-likeness (QED) is 0.207. The molecule has 0 bridgehead atoms. The molecule has 45 heavy (non-hydrogen) atoms. The Labute approximate surface area is 264 Å². The van der Waals surface area contributed by atoms with Gasteiger partial charge in [0, 0.05) is 26.1 Å². The topological polar surface area (TPSA) is 96.0 Å². The van der Waals surface area contributed by atoms with Crippen molar-refractivity contribution >= 4 is 21.8 Å². The van der Waals surface area contributed by atoms with Crippen molar-refractivity contribution in [2.75, 3.05) is 26.5 Å². The Morgan fingerprint density at radius 3 is 1.91 bits per heavy atom. The van der Waals surface area contributed by atoms with E-state index in [2.05, 4.69) is 5.32 Å². The van der Waals surface area contributed by atoms with Gasteiger partial charge >= 0.3 is 0 Å². The second kappa shape index (κ2) is 16.0. The van der Waals surface area contributed by atoms with E-state index in [4.69, 9.17) is 4.74 Å². The first-order valence-electron chi connectivity index (χ1n) is 14.6. The van der Waals surface area contributed by atoms with E-state index in [-0.39, 0.29) is 25.4 Å². The van der Waals surface area contributed by atoms with E-state index in [0.717, 1.165) is 33.0 Å². The number of carbonyl (C=O) groups is 2. The minimum Gasteiger partial charge on any atom is -0.497 e. The number of halogens is 1. The van der Waals surface area contributed by atoms with Gasteiger partial charge in [-0.1, -0.05) is 84.9 Å². The number of rotatable bonds is 15. The number of methoxy groups -OCH3 is 1. The smallest absolute Gasteiger partial charge is 0.243 e. The van der Waals surface area contributed by atoms with Crippen LogP contribution in [0.4, 0.5) is 4.39 Å². The molecular weight excluding hydrogens is 593 g/mol. The molecule has 0 aliphatic rings. The molecule has 0 aliphatic carbocycles. The number of nitrogens with zero attached hydrogens (tertiary/aromatic N) is 2. The van der Waals surface area contributed by atoms with Gasteiger partial charge in [0.2, 0.25) is 21.8 Å². The SMILES string of the molecule is COc1ccc(CCNC(=O)[C@@H](Cc2ccccc2)N(Cc2ccc(F)cc2)C(=O)CN(Cc2ccccc2)S(C)(=O)=O)cc1. The van der Waals surface area contributed by atoms with E-state index >= 15 is 0 Å². The number of hydrogen-bond acceptors (Lipinski definition) is 5. The summed E-state index contributed by atoms with van der Waals surface area (Å²) in [5.74, 6) is -0.625. The van der Waals surface area contributed by atoms with Crippen molar-refractivity contribution in [3.05, 3.63) is 137 Å². The predicted octanol–water partition coefficient (Wildman–Crippen LogP) is 4.59. The summed E-state index contributed by atoms with van der Waals surface area (Å²) in [5.41, 5.74) is 3.15. The lowest BCUT2D eigenvalue weighted by atomic mass is 10.0. The number of amides is 2. The van der Waals surface area contributed by atoms with Gasteiger partial charge in [-0.2, -0.15) is 4.31 Å². The molecule has 0 aromatic heterocycles. The number of benzene rings is 4. The fourth-order valence-corrected chi connectivity index (χ4v) is 5.63. The third kappa shape index (κ3) is 10.3. The normalized spacial score (nSPS) is 12.0. The van der Waals surface area contributed by atoms with Crippen LogP contribution in [0.25, 0.3) is 0 Å². The summed E-state index contributed by atoms with van der Waals surface area (Å²) in [4.78, 5) is 29.4. The molecule has 0 saturated carbocycles. The maximum absolute atomic E-state index is 14.1. The molecule has 1 atom stereocenters. The Bertz CT molecular complexity index is 1630. The molecule has 2 amide bonds. The van der Waals surface area contributed by atoms with Crippen molar-refractivity contribution in [1.82, 2.24) is 14.5 Å². The number of nitrogens with one attached hydrogen (secondary N) is 1. The van der Waals surface area contributed by atoms with Crippen molar-refractivity contribution in [3.63, 3.8) is 0 Å². The van der Waals surface area contributed by atoms with Crippen LogP contribution in [0, 0.1) is 5.82 Å². The third-order valence-corrected chi connectivity index (χ3v) is 8.59. The van der Waals surface area contributed by atoms with E-state index in [9.17, 15) is 22.4 Å². The molecule has 0 unspecified atom stereocenters. The Balaban J connectivity index is 1.62. The molecule has 1 N–H and O–H groups in total. The summed E-state index contributed by atoms with van der Waals surface area (Å²) < 4.78 is 45.7. The van der Waals surface area contributed by atoms with Crippen molar-refractivity contribution in [2.45, 2.75) is 32.0 Å². The van der Waals surface area contributed by atoms with E-state index in [1.807, 2.05) is 60.7 Å². The van der Waals surface area contributed by atoms with Gasteiger partial charge in [-0.3, -0.25) is 9.59 Å². The molecule has 4 aromatic rings. The van der Waals surface area contributed by atoms with Crippen LogP contribution in [-0.4, -0.2) is 61.9 Å². The molecule has 0 aliphatic heterocycles. The zero-order valence-electron chi connectivity index (χ0n) is 25.4. The maximum atomic E-state index is 14.1. The molecule has 0 spiro atoms. The summed E-state index contributed by atoms with van der Waals surface area (Å²) in [6.07, 6.45) is 1.80. The van der Waals surface area contributed by atoms with Crippen LogP contribution in [0.15, 0.2) is 109 Å². The molecule has 10 heteroatoms. The zero-order valence-corrected chi connectivity index (χ0v) is 26.3. The third-order valence-electron chi connectivity index (χ3n) is 7.39. The van der Waals surface area contributed by atoms with Crippen molar-refractivity contribution in [1.29, 1.82) is 0 Å². The minimum absolute atomic E-state index is 0.00674. The predicted molar refractivity (Wildman–Crippen MR) is 172 cm³/mol. The fourth-order valence-electron chi connectivity index (χ4n) is 4.90. The lowest BCUT2D eigenvalue weighted by Crippen LogP contribution is -2.53. The summed E-state index contributed by atoms with van der Waals surface area (Å²) in [6, 6.07) is 30.5. The maximum Gasteiger partial charge on any atom is 0.243 e. The summed E-state index contributed by atoms with van der Waals surface area (Å²) in [5, 5.41) is 2.98. The lowest BCUT2D eigenvalue weighted by molar-refractivity contribution is -0.141. The van der Waals surface area contributed by atoms with E-state index in [1.165, 1.54) is 17.0 Å². The molecule has 0 saturated heterocycles.